The van der Waals surface area contributed by atoms with Crippen LogP contribution in [0, 0.1) is 0 Å². The Hall–Kier alpha value is -3.77. The van der Waals surface area contributed by atoms with Crippen LogP contribution in [0.4, 0.5) is 0 Å². The lowest BCUT2D eigenvalue weighted by atomic mass is 9.94. The van der Waals surface area contributed by atoms with Crippen molar-refractivity contribution in [2.75, 3.05) is 59.9 Å². The third kappa shape index (κ3) is 12.4. The zero-order chi connectivity index (χ0) is 33.9. The first-order valence-corrected chi connectivity index (χ1v) is 17.9. The molecule has 9 nitrogen and oxygen atoms in total. The Morgan fingerprint density at radius 2 is 1.17 bits per heavy atom. The zero-order valence-corrected chi connectivity index (χ0v) is 28.7. The van der Waals surface area contributed by atoms with Gasteiger partial charge in [-0.1, -0.05) is 72.8 Å². The van der Waals surface area contributed by atoms with Crippen molar-refractivity contribution in [3.05, 3.63) is 126 Å². The van der Waals surface area contributed by atoms with E-state index in [2.05, 4.69) is 22.2 Å². The van der Waals surface area contributed by atoms with Crippen molar-refractivity contribution in [3.63, 3.8) is 0 Å². The highest BCUT2D eigenvalue weighted by molar-refractivity contribution is 7.89. The number of methoxy groups -OCH3 is 1. The fraction of sp³-hybridized carbons (Fsp3) is 0.368. The summed E-state index contributed by atoms with van der Waals surface area (Å²) in [6.45, 7) is 6.10. The molecule has 0 bridgehead atoms. The second-order valence-corrected chi connectivity index (χ2v) is 12.8. The molecule has 2 atom stereocenters. The van der Waals surface area contributed by atoms with Crippen LogP contribution in [0.15, 0.2) is 114 Å². The van der Waals surface area contributed by atoms with Crippen molar-refractivity contribution in [1.29, 1.82) is 0 Å². The minimum Gasteiger partial charge on any atom is -0.497 e. The van der Waals surface area contributed by atoms with Gasteiger partial charge < -0.3 is 29.0 Å². The Balaban J connectivity index is 1.38. The van der Waals surface area contributed by atoms with Crippen LogP contribution in [-0.2, 0) is 30.7 Å². The second kappa shape index (κ2) is 20.6. The maximum Gasteiger partial charge on any atom is 0.241 e. The summed E-state index contributed by atoms with van der Waals surface area (Å²) in [5.41, 5.74) is 3.06. The fourth-order valence-electron chi connectivity index (χ4n) is 5.17. The molecule has 0 amide bonds. The van der Waals surface area contributed by atoms with Crippen LogP contribution in [0.1, 0.15) is 42.1 Å². The Morgan fingerprint density at radius 1 is 0.625 bits per heavy atom. The third-order valence-electron chi connectivity index (χ3n) is 7.68. The van der Waals surface area contributed by atoms with E-state index in [4.69, 9.17) is 23.7 Å². The zero-order valence-electron chi connectivity index (χ0n) is 27.9. The Morgan fingerprint density at radius 3 is 1.75 bits per heavy atom. The second-order valence-electron chi connectivity index (χ2n) is 11.0. The Labute approximate surface area is 285 Å². The molecule has 0 aliphatic rings. The molecule has 4 aromatic carbocycles. The number of nitrogens with one attached hydrogen (secondary N) is 2. The van der Waals surface area contributed by atoms with Gasteiger partial charge in [-0.2, -0.15) is 0 Å². The van der Waals surface area contributed by atoms with E-state index in [9.17, 15) is 8.42 Å². The van der Waals surface area contributed by atoms with Crippen LogP contribution in [0.25, 0.3) is 0 Å². The molecule has 0 radical (unpaired) electrons. The molecule has 48 heavy (non-hydrogen) atoms. The summed E-state index contributed by atoms with van der Waals surface area (Å²) in [7, 11) is -2.25. The fourth-order valence-corrected chi connectivity index (χ4v) is 6.41. The van der Waals surface area contributed by atoms with Gasteiger partial charge >= 0.3 is 0 Å². The standard InChI is InChI=1S/C38H48N2O7S/c1-3-44-25-26-45-27-28-46-29-30-47-35-20-22-36(23-21-35)48(41,42)40-38(33-14-8-5-9-15-33)37(32-12-6-4-7-13-32)39-24-10-11-31-16-18-34(43-2)19-17-31/h4-9,12-23,37-40H,3,10-11,24-30H2,1-2H3/t37-,38?/m1/s1. The van der Waals surface area contributed by atoms with E-state index in [0.717, 1.165) is 29.7 Å². The van der Waals surface area contributed by atoms with Gasteiger partial charge in [0.2, 0.25) is 10.0 Å². The van der Waals surface area contributed by atoms with Gasteiger partial charge in [-0.3, -0.25) is 0 Å². The average Bonchev–Trinajstić information content (AvgIpc) is 3.13. The molecule has 0 aliphatic heterocycles. The number of aryl methyl sites for hydroxylation is 1. The molecule has 0 aromatic heterocycles. The van der Waals surface area contributed by atoms with Gasteiger partial charge in [-0.05, 0) is 79.4 Å². The van der Waals surface area contributed by atoms with Crippen LogP contribution >= 0.6 is 0 Å². The topological polar surface area (TPSA) is 104 Å². The molecule has 1 unspecified atom stereocenters. The largest absolute Gasteiger partial charge is 0.497 e. The molecular formula is C38H48N2O7S. The summed E-state index contributed by atoms with van der Waals surface area (Å²) in [5, 5.41) is 3.67. The summed E-state index contributed by atoms with van der Waals surface area (Å²) >= 11 is 0. The van der Waals surface area contributed by atoms with Crippen molar-refractivity contribution < 1.29 is 32.1 Å². The van der Waals surface area contributed by atoms with Gasteiger partial charge in [0.1, 0.15) is 18.1 Å². The molecule has 0 saturated heterocycles. The lowest BCUT2D eigenvalue weighted by Crippen LogP contribution is -2.39. The quantitative estimate of drug-likeness (QED) is 0.0906. The van der Waals surface area contributed by atoms with Gasteiger partial charge in [0.15, 0.2) is 0 Å². The van der Waals surface area contributed by atoms with Gasteiger partial charge in [0.05, 0.1) is 57.1 Å². The van der Waals surface area contributed by atoms with Gasteiger partial charge in [0, 0.05) is 6.61 Å². The SMILES string of the molecule is CCOCCOCCOCCOc1ccc(S(=O)(=O)NC(c2ccccc2)[C@H](NCCCc2ccc(OC)cc2)c2ccccc2)cc1. The van der Waals surface area contributed by atoms with Crippen molar-refractivity contribution >= 4 is 10.0 Å². The molecule has 0 aliphatic carbocycles. The molecule has 2 N–H and O–H groups in total. The predicted octanol–water partition coefficient (Wildman–Crippen LogP) is 6.13. The molecular weight excluding hydrogens is 628 g/mol. The predicted molar refractivity (Wildman–Crippen MR) is 188 cm³/mol. The highest BCUT2D eigenvalue weighted by Crippen LogP contribution is 2.31. The molecule has 0 spiro atoms. The average molecular weight is 677 g/mol. The van der Waals surface area contributed by atoms with E-state index < -0.39 is 16.1 Å². The van der Waals surface area contributed by atoms with E-state index in [1.54, 1.807) is 31.4 Å². The van der Waals surface area contributed by atoms with Crippen LogP contribution < -0.4 is 19.5 Å². The molecule has 4 aromatic rings. The van der Waals surface area contributed by atoms with E-state index in [-0.39, 0.29) is 10.9 Å². The number of hydrogen-bond donors (Lipinski definition) is 2. The van der Waals surface area contributed by atoms with Crippen molar-refractivity contribution in [3.8, 4) is 11.5 Å². The minimum absolute atomic E-state index is 0.155. The van der Waals surface area contributed by atoms with E-state index >= 15 is 0 Å². The number of benzene rings is 4. The summed E-state index contributed by atoms with van der Waals surface area (Å²) in [6, 6.07) is 33.3. The maximum atomic E-state index is 13.8. The van der Waals surface area contributed by atoms with Crippen molar-refractivity contribution in [2.24, 2.45) is 0 Å². The third-order valence-corrected chi connectivity index (χ3v) is 9.13. The van der Waals surface area contributed by atoms with Crippen LogP contribution in [-0.4, -0.2) is 68.3 Å². The molecule has 4 rings (SSSR count). The monoisotopic (exact) mass is 676 g/mol. The summed E-state index contributed by atoms with van der Waals surface area (Å²) in [4.78, 5) is 0.155. The van der Waals surface area contributed by atoms with E-state index in [1.165, 1.54) is 5.56 Å². The van der Waals surface area contributed by atoms with Crippen molar-refractivity contribution in [1.82, 2.24) is 10.0 Å². The maximum absolute atomic E-state index is 13.8. The molecule has 0 saturated carbocycles. The summed E-state index contributed by atoms with van der Waals surface area (Å²) in [5.74, 6) is 1.39. The normalized spacial score (nSPS) is 12.8. The van der Waals surface area contributed by atoms with Crippen LogP contribution in [0.5, 0.6) is 11.5 Å². The first-order chi connectivity index (χ1) is 23.5. The number of sulfonamides is 1. The molecule has 258 valence electrons. The Kier molecular flexibility index (Phi) is 15.9. The smallest absolute Gasteiger partial charge is 0.241 e. The molecule has 0 heterocycles. The highest BCUT2D eigenvalue weighted by Gasteiger charge is 2.29. The summed E-state index contributed by atoms with van der Waals surface area (Å²) < 4.78 is 57.9. The van der Waals surface area contributed by atoms with Gasteiger partial charge in [0.25, 0.3) is 0 Å². The van der Waals surface area contributed by atoms with E-state index in [0.29, 0.717) is 58.5 Å². The van der Waals surface area contributed by atoms with Crippen LogP contribution in [0.3, 0.4) is 0 Å². The van der Waals surface area contributed by atoms with Crippen LogP contribution in [0.2, 0.25) is 0 Å². The first kappa shape index (κ1) is 37.1. The van der Waals surface area contributed by atoms with Crippen molar-refractivity contribution in [2.45, 2.75) is 36.7 Å². The lowest BCUT2D eigenvalue weighted by molar-refractivity contribution is 0.0114. The van der Waals surface area contributed by atoms with E-state index in [1.807, 2.05) is 79.7 Å². The molecule has 10 heteroatoms. The minimum atomic E-state index is -3.91. The number of hydrogen-bond acceptors (Lipinski definition) is 8. The highest BCUT2D eigenvalue weighted by atomic mass is 32.2. The molecule has 0 fully saturated rings. The summed E-state index contributed by atoms with van der Waals surface area (Å²) in [6.07, 6.45) is 1.75. The first-order valence-electron chi connectivity index (χ1n) is 16.4. The van der Waals surface area contributed by atoms with Gasteiger partial charge in [-0.15, -0.1) is 0 Å². The lowest BCUT2D eigenvalue weighted by Gasteiger charge is -2.30. The Bertz CT molecular complexity index is 1540. The number of rotatable bonds is 23. The number of ether oxygens (including phenoxy) is 5. The van der Waals surface area contributed by atoms with Gasteiger partial charge in [-0.25, -0.2) is 13.1 Å².